The summed E-state index contributed by atoms with van der Waals surface area (Å²) in [6.07, 6.45) is 2.17. The van der Waals surface area contributed by atoms with Gasteiger partial charge in [0.15, 0.2) is 0 Å². The average Bonchev–Trinajstić information content (AvgIpc) is 2.27. The molecule has 0 rings (SSSR count). The minimum absolute atomic E-state index is 0.202. The van der Waals surface area contributed by atoms with Crippen LogP contribution in [-0.2, 0) is 14.3 Å². The second kappa shape index (κ2) is 9.32. The molecule has 4 heteroatoms. The van der Waals surface area contributed by atoms with Crippen molar-refractivity contribution in [2.45, 2.75) is 66.0 Å². The van der Waals surface area contributed by atoms with Gasteiger partial charge in [0.2, 0.25) is 0 Å². The maximum absolute atomic E-state index is 12.0. The van der Waals surface area contributed by atoms with Gasteiger partial charge in [0.25, 0.3) is 0 Å². The lowest BCUT2D eigenvalue weighted by Gasteiger charge is -2.30. The highest BCUT2D eigenvalue weighted by molar-refractivity contribution is 5.80. The summed E-state index contributed by atoms with van der Waals surface area (Å²) in [6, 6.07) is 0.202. The predicted octanol–water partition coefficient (Wildman–Crippen LogP) is 2.76. The fourth-order valence-electron chi connectivity index (χ4n) is 1.96. The van der Waals surface area contributed by atoms with Crippen molar-refractivity contribution in [2.75, 3.05) is 19.8 Å². The predicted molar refractivity (Wildman–Crippen MR) is 78.2 cm³/mol. The average molecular weight is 273 g/mol. The topological polar surface area (TPSA) is 47.6 Å². The Labute approximate surface area is 118 Å². The monoisotopic (exact) mass is 273 g/mol. The molecule has 0 bridgehead atoms. The lowest BCUT2D eigenvalue weighted by molar-refractivity contribution is -0.153. The van der Waals surface area contributed by atoms with Gasteiger partial charge in [0, 0.05) is 12.6 Å². The van der Waals surface area contributed by atoms with Crippen molar-refractivity contribution in [1.29, 1.82) is 0 Å². The fraction of sp³-hybridized carbons (Fsp3) is 0.933. The molecule has 1 atom stereocenters. The van der Waals surface area contributed by atoms with Crippen LogP contribution in [0.2, 0.25) is 0 Å². The van der Waals surface area contributed by atoms with Crippen LogP contribution < -0.4 is 5.32 Å². The number of nitrogens with one attached hydrogen (secondary N) is 1. The van der Waals surface area contributed by atoms with Crippen molar-refractivity contribution < 1.29 is 14.3 Å². The minimum atomic E-state index is -0.762. The summed E-state index contributed by atoms with van der Waals surface area (Å²) < 4.78 is 10.8. The standard InChI is InChI=1S/C15H31NO3/c1-7-19-14(17)15(6,16-13(4)5)11-18-10-8-9-12(2)3/h12-13,16H,7-11H2,1-6H3. The van der Waals surface area contributed by atoms with E-state index in [1.807, 2.05) is 27.7 Å². The second-order valence-corrected chi connectivity index (χ2v) is 5.94. The van der Waals surface area contributed by atoms with Crippen LogP contribution in [-0.4, -0.2) is 37.4 Å². The van der Waals surface area contributed by atoms with Crippen LogP contribution in [0.1, 0.15) is 54.4 Å². The Kier molecular flexibility index (Phi) is 9.02. The van der Waals surface area contributed by atoms with Gasteiger partial charge < -0.3 is 9.47 Å². The van der Waals surface area contributed by atoms with Gasteiger partial charge in [-0.25, -0.2) is 4.79 Å². The molecule has 4 nitrogen and oxygen atoms in total. The molecule has 114 valence electrons. The van der Waals surface area contributed by atoms with Crippen LogP contribution in [0.3, 0.4) is 0 Å². The maximum atomic E-state index is 12.0. The van der Waals surface area contributed by atoms with Gasteiger partial charge in [-0.05, 0) is 46.5 Å². The van der Waals surface area contributed by atoms with E-state index in [2.05, 4.69) is 19.2 Å². The smallest absolute Gasteiger partial charge is 0.328 e. The summed E-state index contributed by atoms with van der Waals surface area (Å²) in [5, 5.41) is 3.24. The molecule has 0 amide bonds. The molecule has 0 aliphatic carbocycles. The number of carbonyl (C=O) groups excluding carboxylic acids is 1. The SMILES string of the molecule is CCOC(=O)C(C)(COCCCC(C)C)NC(C)C. The van der Waals surface area contributed by atoms with Crippen LogP contribution in [0, 0.1) is 5.92 Å². The lowest BCUT2D eigenvalue weighted by atomic mass is 10.0. The summed E-state index contributed by atoms with van der Waals surface area (Å²) >= 11 is 0. The number of esters is 1. The van der Waals surface area contributed by atoms with E-state index in [0.29, 0.717) is 25.7 Å². The molecule has 0 saturated carbocycles. The summed E-state index contributed by atoms with van der Waals surface area (Å²) in [4.78, 5) is 12.0. The van der Waals surface area contributed by atoms with E-state index in [-0.39, 0.29) is 12.0 Å². The second-order valence-electron chi connectivity index (χ2n) is 5.94. The zero-order valence-corrected chi connectivity index (χ0v) is 13.4. The molecule has 1 N–H and O–H groups in total. The van der Waals surface area contributed by atoms with Crippen molar-refractivity contribution in [2.24, 2.45) is 5.92 Å². The molecule has 0 saturated heterocycles. The molecule has 0 aromatic carbocycles. The summed E-state index contributed by atoms with van der Waals surface area (Å²) in [7, 11) is 0. The lowest BCUT2D eigenvalue weighted by Crippen LogP contribution is -2.56. The van der Waals surface area contributed by atoms with Crippen LogP contribution in [0.15, 0.2) is 0 Å². The van der Waals surface area contributed by atoms with E-state index >= 15 is 0 Å². The van der Waals surface area contributed by atoms with Gasteiger partial charge in [-0.15, -0.1) is 0 Å². The Hall–Kier alpha value is -0.610. The van der Waals surface area contributed by atoms with Gasteiger partial charge in [-0.1, -0.05) is 13.8 Å². The van der Waals surface area contributed by atoms with Crippen LogP contribution in [0.25, 0.3) is 0 Å². The van der Waals surface area contributed by atoms with E-state index in [4.69, 9.17) is 9.47 Å². The Bertz CT molecular complexity index is 254. The van der Waals surface area contributed by atoms with Crippen molar-refractivity contribution in [3.05, 3.63) is 0 Å². The fourth-order valence-corrected chi connectivity index (χ4v) is 1.96. The number of carbonyl (C=O) groups is 1. The third-order valence-corrected chi connectivity index (χ3v) is 2.79. The van der Waals surface area contributed by atoms with Gasteiger partial charge >= 0.3 is 5.97 Å². The van der Waals surface area contributed by atoms with Crippen LogP contribution >= 0.6 is 0 Å². The number of hydrogen-bond acceptors (Lipinski definition) is 4. The first kappa shape index (κ1) is 18.4. The molecule has 0 aliphatic heterocycles. The Morgan fingerprint density at radius 3 is 2.37 bits per heavy atom. The molecule has 19 heavy (non-hydrogen) atoms. The highest BCUT2D eigenvalue weighted by atomic mass is 16.5. The zero-order chi connectivity index (χ0) is 14.9. The van der Waals surface area contributed by atoms with Crippen molar-refractivity contribution in [3.63, 3.8) is 0 Å². The molecular formula is C15H31NO3. The summed E-state index contributed by atoms with van der Waals surface area (Å²) in [6.45, 7) is 13.5. The quantitative estimate of drug-likeness (QED) is 0.491. The van der Waals surface area contributed by atoms with Crippen LogP contribution in [0.4, 0.5) is 0 Å². The van der Waals surface area contributed by atoms with E-state index in [1.54, 1.807) is 0 Å². The third-order valence-electron chi connectivity index (χ3n) is 2.79. The van der Waals surface area contributed by atoms with Gasteiger partial charge in [-0.2, -0.15) is 0 Å². The summed E-state index contributed by atoms with van der Waals surface area (Å²) in [5.41, 5.74) is -0.762. The molecule has 0 radical (unpaired) electrons. The molecule has 0 aromatic heterocycles. The molecule has 0 spiro atoms. The molecule has 1 unspecified atom stereocenters. The van der Waals surface area contributed by atoms with E-state index in [0.717, 1.165) is 12.8 Å². The largest absolute Gasteiger partial charge is 0.465 e. The van der Waals surface area contributed by atoms with E-state index in [1.165, 1.54) is 0 Å². The maximum Gasteiger partial charge on any atom is 0.328 e. The van der Waals surface area contributed by atoms with Crippen LogP contribution in [0.5, 0.6) is 0 Å². The van der Waals surface area contributed by atoms with E-state index < -0.39 is 5.54 Å². The third kappa shape index (κ3) is 8.22. The van der Waals surface area contributed by atoms with Gasteiger partial charge in [0.05, 0.1) is 13.2 Å². The number of ether oxygens (including phenoxy) is 2. The first-order valence-electron chi connectivity index (χ1n) is 7.34. The molecule has 0 aromatic rings. The van der Waals surface area contributed by atoms with Gasteiger partial charge in [-0.3, -0.25) is 5.32 Å². The summed E-state index contributed by atoms with van der Waals surface area (Å²) in [5.74, 6) is 0.446. The highest BCUT2D eigenvalue weighted by Crippen LogP contribution is 2.11. The van der Waals surface area contributed by atoms with Crippen molar-refractivity contribution >= 4 is 5.97 Å². The Morgan fingerprint density at radius 1 is 1.26 bits per heavy atom. The van der Waals surface area contributed by atoms with E-state index in [9.17, 15) is 4.79 Å². The molecular weight excluding hydrogens is 242 g/mol. The van der Waals surface area contributed by atoms with Crippen molar-refractivity contribution in [1.82, 2.24) is 5.32 Å². The number of hydrogen-bond donors (Lipinski definition) is 1. The van der Waals surface area contributed by atoms with Crippen molar-refractivity contribution in [3.8, 4) is 0 Å². The van der Waals surface area contributed by atoms with Gasteiger partial charge in [0.1, 0.15) is 5.54 Å². The highest BCUT2D eigenvalue weighted by Gasteiger charge is 2.35. The normalized spacial score (nSPS) is 14.7. The first-order chi connectivity index (χ1) is 8.81. The Morgan fingerprint density at radius 2 is 1.89 bits per heavy atom. The minimum Gasteiger partial charge on any atom is -0.465 e. The molecule has 0 aliphatic rings. The molecule has 0 heterocycles. The zero-order valence-electron chi connectivity index (χ0n) is 13.4. The number of rotatable bonds is 10. The Balaban J connectivity index is 4.23. The first-order valence-corrected chi connectivity index (χ1v) is 7.34. The molecule has 0 fully saturated rings.